The van der Waals surface area contributed by atoms with Crippen molar-refractivity contribution in [2.45, 2.75) is 65.7 Å². The van der Waals surface area contributed by atoms with E-state index in [0.29, 0.717) is 5.69 Å². The predicted octanol–water partition coefficient (Wildman–Crippen LogP) is 3.78. The van der Waals surface area contributed by atoms with Gasteiger partial charge in [-0.3, -0.25) is 0 Å². The fourth-order valence-electron chi connectivity index (χ4n) is 5.58. The molecule has 3 heterocycles. The van der Waals surface area contributed by atoms with Gasteiger partial charge in [-0.25, -0.2) is 17.9 Å². The molecule has 0 bridgehead atoms. The van der Waals surface area contributed by atoms with Crippen molar-refractivity contribution < 1.29 is 27.4 Å². The van der Waals surface area contributed by atoms with E-state index in [-0.39, 0.29) is 8.82 Å². The summed E-state index contributed by atoms with van der Waals surface area (Å²) in [6, 6.07) is 13.6. The summed E-state index contributed by atoms with van der Waals surface area (Å²) < 4.78 is 48.3. The van der Waals surface area contributed by atoms with Gasteiger partial charge in [-0.05, 0) is 39.0 Å². The number of halogens is 1. The Labute approximate surface area is 216 Å². The second-order valence-corrected chi connectivity index (χ2v) is 13.0. The number of benzene rings is 2. The fourth-order valence-corrected chi connectivity index (χ4v) is 8.00. The molecule has 10 heteroatoms. The number of para-hydroxylation sites is 1. The Morgan fingerprint density at radius 3 is 2.43 bits per heavy atom. The minimum Gasteiger partial charge on any atom is -0.456 e. The van der Waals surface area contributed by atoms with Crippen molar-refractivity contribution in [3.05, 3.63) is 65.4 Å². The maximum Gasteiger partial charge on any atom is 0.355 e. The maximum absolute atomic E-state index is 13.6. The van der Waals surface area contributed by atoms with Gasteiger partial charge in [0.1, 0.15) is 24.0 Å². The lowest BCUT2D eigenvalue weighted by atomic mass is 9.73. The number of rotatable bonds is 3. The highest BCUT2D eigenvalue weighted by molar-refractivity contribution is 14.1. The van der Waals surface area contributed by atoms with Crippen LogP contribution < -0.4 is 4.72 Å². The fraction of sp³-hybridized carbons (Fsp3) is 0.400. The molecule has 0 radical (unpaired) electrons. The van der Waals surface area contributed by atoms with E-state index in [1.54, 1.807) is 24.3 Å². The summed E-state index contributed by atoms with van der Waals surface area (Å²) in [5, 5.41) is 0.869. The minimum absolute atomic E-state index is 0.165. The zero-order chi connectivity index (χ0) is 24.7. The Morgan fingerprint density at radius 2 is 1.69 bits per heavy atom. The molecule has 2 aliphatic heterocycles. The number of esters is 1. The van der Waals surface area contributed by atoms with Gasteiger partial charge in [-0.2, -0.15) is 0 Å². The third kappa shape index (κ3) is 3.72. The molecule has 1 saturated heterocycles. The second-order valence-electron chi connectivity index (χ2n) is 9.82. The summed E-state index contributed by atoms with van der Waals surface area (Å²) in [7, 11) is -3.91. The highest BCUT2D eigenvalue weighted by Crippen LogP contribution is 2.51. The molecule has 2 aromatic carbocycles. The van der Waals surface area contributed by atoms with E-state index in [1.165, 1.54) is 0 Å². The summed E-state index contributed by atoms with van der Waals surface area (Å²) >= 11 is 2.25. The van der Waals surface area contributed by atoms with Gasteiger partial charge in [0.25, 0.3) is 0 Å². The van der Waals surface area contributed by atoms with Crippen LogP contribution in [0, 0.1) is 6.92 Å². The van der Waals surface area contributed by atoms with Crippen LogP contribution in [0.5, 0.6) is 0 Å². The molecule has 1 aliphatic carbocycles. The number of H-pyrrole nitrogens is 1. The molecule has 0 unspecified atom stereocenters. The van der Waals surface area contributed by atoms with Gasteiger partial charge in [0, 0.05) is 22.4 Å². The van der Waals surface area contributed by atoms with E-state index < -0.39 is 52.1 Å². The third-order valence-corrected chi connectivity index (χ3v) is 9.93. The molecule has 0 amide bonds. The number of aryl methyl sites for hydroxylation is 1. The van der Waals surface area contributed by atoms with Crippen LogP contribution in [-0.2, 0) is 24.2 Å². The van der Waals surface area contributed by atoms with Crippen LogP contribution in [0.1, 0.15) is 41.4 Å². The van der Waals surface area contributed by atoms with Crippen molar-refractivity contribution in [1.29, 1.82) is 0 Å². The van der Waals surface area contributed by atoms with Crippen LogP contribution in [0.15, 0.2) is 53.4 Å². The number of aromatic nitrogens is 1. The van der Waals surface area contributed by atoms with Gasteiger partial charge in [-0.15, -0.1) is 0 Å². The molecule has 8 nitrogen and oxygen atoms in total. The first kappa shape index (κ1) is 23.4. The minimum atomic E-state index is -3.91. The lowest BCUT2D eigenvalue weighted by molar-refractivity contribution is -0.146. The van der Waals surface area contributed by atoms with E-state index in [9.17, 15) is 13.2 Å². The molecule has 35 heavy (non-hydrogen) atoms. The van der Waals surface area contributed by atoms with Gasteiger partial charge in [0.15, 0.2) is 5.79 Å². The van der Waals surface area contributed by atoms with Gasteiger partial charge < -0.3 is 19.2 Å². The topological polar surface area (TPSA) is 107 Å². The molecule has 184 valence electrons. The standard InChI is InChI=1S/C25H25IN2O6S/c1-12-8-10-13(11-9-12)35(30,31)28-19-17-16-14-6-4-5-7-15(14)27-20(16)24(29)32-21(17)18(26)22-23(19)34-25(2,3)33-22/h4-11,17-19,21-23,27-28H,1-3H3/t17-,18+,19-,21-,22-,23+/m1/s1. The Balaban J connectivity index is 1.52. The Bertz CT molecular complexity index is 1430. The Hall–Kier alpha value is -1.99. The van der Waals surface area contributed by atoms with Crippen LogP contribution in [0.3, 0.4) is 0 Å². The number of ether oxygens (including phenoxy) is 3. The van der Waals surface area contributed by atoms with Gasteiger partial charge >= 0.3 is 5.97 Å². The van der Waals surface area contributed by atoms with Crippen LogP contribution >= 0.6 is 22.6 Å². The van der Waals surface area contributed by atoms with E-state index in [2.05, 4.69) is 32.3 Å². The molecule has 1 aromatic heterocycles. The molecular formula is C25H25IN2O6S. The highest BCUT2D eigenvalue weighted by atomic mass is 127. The number of alkyl halides is 1. The van der Waals surface area contributed by atoms with Crippen molar-refractivity contribution in [2.75, 3.05) is 0 Å². The number of carbonyl (C=O) groups excluding carboxylic acids is 1. The number of nitrogens with one attached hydrogen (secondary N) is 2. The van der Waals surface area contributed by atoms with Crippen molar-refractivity contribution in [3.63, 3.8) is 0 Å². The predicted molar refractivity (Wildman–Crippen MR) is 137 cm³/mol. The van der Waals surface area contributed by atoms with Crippen LogP contribution in [0.2, 0.25) is 0 Å². The average Bonchev–Trinajstić information content (AvgIpc) is 3.35. The van der Waals surface area contributed by atoms with Gasteiger partial charge in [0.05, 0.1) is 14.9 Å². The van der Waals surface area contributed by atoms with Crippen LogP contribution in [0.25, 0.3) is 10.9 Å². The molecule has 6 atom stereocenters. The zero-order valence-corrected chi connectivity index (χ0v) is 22.3. The molecule has 2 N–H and O–H groups in total. The van der Waals surface area contributed by atoms with E-state index >= 15 is 0 Å². The number of fused-ring (bicyclic) bond motifs is 6. The Morgan fingerprint density at radius 1 is 1.00 bits per heavy atom. The summed E-state index contributed by atoms with van der Waals surface area (Å²) in [5.41, 5.74) is 2.87. The molecule has 6 rings (SSSR count). The molecule has 3 aromatic rings. The summed E-state index contributed by atoms with van der Waals surface area (Å²) in [4.78, 5) is 16.4. The zero-order valence-electron chi connectivity index (χ0n) is 19.3. The summed E-state index contributed by atoms with van der Waals surface area (Å²) in [6.45, 7) is 5.53. The van der Waals surface area contributed by atoms with Crippen molar-refractivity contribution >= 4 is 49.5 Å². The number of hydrogen-bond acceptors (Lipinski definition) is 6. The number of aromatic amines is 1. The summed E-state index contributed by atoms with van der Waals surface area (Å²) in [5.74, 6) is -1.83. The van der Waals surface area contributed by atoms with Crippen molar-refractivity contribution in [2.24, 2.45) is 0 Å². The van der Waals surface area contributed by atoms with Crippen molar-refractivity contribution in [1.82, 2.24) is 9.71 Å². The quantitative estimate of drug-likeness (QED) is 0.267. The number of sulfonamides is 1. The normalized spacial score (nSPS) is 31.5. The highest BCUT2D eigenvalue weighted by Gasteiger charge is 2.62. The lowest BCUT2D eigenvalue weighted by Gasteiger charge is -2.47. The van der Waals surface area contributed by atoms with Crippen LogP contribution in [0.4, 0.5) is 0 Å². The van der Waals surface area contributed by atoms with E-state index in [1.807, 2.05) is 45.0 Å². The SMILES string of the molecule is Cc1ccc(S(=O)(=O)N[C@H]2[C@@H]3OC(C)(C)O[C@@H]3[C@@H](I)[C@@H]3OC(=O)c4[nH]c5ccccc5c4[C@H]23)cc1. The van der Waals surface area contributed by atoms with Crippen LogP contribution in [-0.4, -0.2) is 53.4 Å². The molecular weight excluding hydrogens is 583 g/mol. The van der Waals surface area contributed by atoms with Gasteiger partial charge in [0.2, 0.25) is 10.0 Å². The van der Waals surface area contributed by atoms with E-state index in [4.69, 9.17) is 14.2 Å². The first-order chi connectivity index (χ1) is 16.6. The first-order valence-electron chi connectivity index (χ1n) is 11.5. The number of hydrogen-bond donors (Lipinski definition) is 2. The summed E-state index contributed by atoms with van der Waals surface area (Å²) in [6.07, 6.45) is -1.64. The number of carbonyl (C=O) groups is 1. The monoisotopic (exact) mass is 608 g/mol. The molecule has 0 spiro atoms. The van der Waals surface area contributed by atoms with E-state index in [0.717, 1.165) is 22.0 Å². The Kier molecular flexibility index (Phi) is 5.35. The lowest BCUT2D eigenvalue weighted by Crippen LogP contribution is -2.64. The van der Waals surface area contributed by atoms with Gasteiger partial charge in [-0.1, -0.05) is 58.5 Å². The molecule has 2 fully saturated rings. The third-order valence-electron chi connectivity index (χ3n) is 7.04. The van der Waals surface area contributed by atoms with Crippen molar-refractivity contribution in [3.8, 4) is 0 Å². The second kappa shape index (κ2) is 8.01. The largest absolute Gasteiger partial charge is 0.456 e. The molecule has 3 aliphatic rings. The smallest absolute Gasteiger partial charge is 0.355 e. The first-order valence-corrected chi connectivity index (χ1v) is 14.2. The molecule has 1 saturated carbocycles. The average molecular weight is 608 g/mol. The maximum atomic E-state index is 13.6.